The minimum Gasteiger partial charge on any atom is -0.507 e. The molecule has 0 spiro atoms. The summed E-state index contributed by atoms with van der Waals surface area (Å²) in [5, 5.41) is 22.1. The molecule has 0 saturated heterocycles. The van der Waals surface area contributed by atoms with Gasteiger partial charge in [-0.05, 0) is 30.3 Å². The highest BCUT2D eigenvalue weighted by atomic mass is 35.5. The zero-order chi connectivity index (χ0) is 15.2. The van der Waals surface area contributed by atoms with Crippen molar-refractivity contribution < 1.29 is 15.0 Å². The number of nitrogens with one attached hydrogen (secondary N) is 1. The van der Waals surface area contributed by atoms with Crippen molar-refractivity contribution in [1.29, 1.82) is 0 Å². The van der Waals surface area contributed by atoms with Gasteiger partial charge in [-0.1, -0.05) is 23.7 Å². The topological polar surface area (TPSA) is 81.9 Å². The fraction of sp³-hybridized carbons (Fsp3) is 0.0667. The Bertz CT molecular complexity index is 686. The van der Waals surface area contributed by atoms with Gasteiger partial charge in [0.05, 0.1) is 5.69 Å². The molecular weight excluding hydrogens is 292 g/mol. The number of carbonyl (C=O) groups excluding carboxylic acids is 1. The van der Waals surface area contributed by atoms with Crippen LogP contribution in [0, 0.1) is 0 Å². The highest BCUT2D eigenvalue weighted by Gasteiger charge is 2.04. The van der Waals surface area contributed by atoms with Gasteiger partial charge in [0.15, 0.2) is 0 Å². The van der Waals surface area contributed by atoms with E-state index in [0.717, 1.165) is 0 Å². The van der Waals surface area contributed by atoms with E-state index in [-0.39, 0.29) is 24.0 Å². The van der Waals surface area contributed by atoms with E-state index in [0.29, 0.717) is 16.3 Å². The van der Waals surface area contributed by atoms with Crippen LogP contribution in [0.3, 0.4) is 0 Å². The maximum Gasteiger partial charge on any atom is 0.246 e. The number of rotatable bonds is 4. The SMILES string of the molecule is O=C(CN=Cc1cc(Cl)ccc1O)Nc1ccccc1O. The van der Waals surface area contributed by atoms with Gasteiger partial charge in [0.2, 0.25) is 5.91 Å². The Hall–Kier alpha value is -2.53. The van der Waals surface area contributed by atoms with Crippen molar-refractivity contribution in [2.75, 3.05) is 11.9 Å². The second-order valence-corrected chi connectivity index (χ2v) is 4.67. The second kappa shape index (κ2) is 6.76. The van der Waals surface area contributed by atoms with E-state index in [1.54, 1.807) is 30.3 Å². The first-order chi connectivity index (χ1) is 10.1. The number of halogens is 1. The van der Waals surface area contributed by atoms with Crippen LogP contribution in [0.15, 0.2) is 47.5 Å². The zero-order valence-corrected chi connectivity index (χ0v) is 11.7. The molecule has 0 atom stereocenters. The molecule has 0 aromatic heterocycles. The third-order valence-corrected chi connectivity index (χ3v) is 2.87. The molecule has 0 bridgehead atoms. The van der Waals surface area contributed by atoms with Crippen LogP contribution in [0.25, 0.3) is 0 Å². The number of carbonyl (C=O) groups is 1. The standard InChI is InChI=1S/C15H13ClN2O3/c16-11-5-6-13(19)10(7-11)8-17-9-15(21)18-12-3-1-2-4-14(12)20/h1-8,19-20H,9H2,(H,18,21). The van der Waals surface area contributed by atoms with Crippen LogP contribution in [-0.4, -0.2) is 28.9 Å². The Balaban J connectivity index is 1.96. The van der Waals surface area contributed by atoms with Gasteiger partial charge >= 0.3 is 0 Å². The summed E-state index contributed by atoms with van der Waals surface area (Å²) < 4.78 is 0. The molecular formula is C15H13ClN2O3. The molecule has 108 valence electrons. The van der Waals surface area contributed by atoms with Gasteiger partial charge in [-0.25, -0.2) is 0 Å². The van der Waals surface area contributed by atoms with E-state index in [9.17, 15) is 15.0 Å². The van der Waals surface area contributed by atoms with Gasteiger partial charge in [-0.3, -0.25) is 9.79 Å². The molecule has 1 amide bonds. The molecule has 2 rings (SSSR count). The molecule has 0 aliphatic rings. The number of nitrogens with zero attached hydrogens (tertiary/aromatic N) is 1. The van der Waals surface area contributed by atoms with Crippen molar-refractivity contribution >= 4 is 29.4 Å². The number of hydrogen-bond acceptors (Lipinski definition) is 4. The van der Waals surface area contributed by atoms with Crippen molar-refractivity contribution in [3.8, 4) is 11.5 Å². The van der Waals surface area contributed by atoms with Crippen molar-refractivity contribution in [3.05, 3.63) is 53.1 Å². The third-order valence-electron chi connectivity index (χ3n) is 2.63. The predicted octanol–water partition coefficient (Wildman–Crippen LogP) is 2.81. The highest BCUT2D eigenvalue weighted by molar-refractivity contribution is 6.30. The molecule has 2 aromatic rings. The lowest BCUT2D eigenvalue weighted by Crippen LogP contribution is -2.14. The van der Waals surface area contributed by atoms with Crippen LogP contribution in [0.4, 0.5) is 5.69 Å². The lowest BCUT2D eigenvalue weighted by Gasteiger charge is -2.05. The maximum atomic E-state index is 11.7. The lowest BCUT2D eigenvalue weighted by molar-refractivity contribution is -0.114. The van der Waals surface area contributed by atoms with E-state index < -0.39 is 0 Å². The summed E-state index contributed by atoms with van der Waals surface area (Å²) in [5.41, 5.74) is 0.751. The first-order valence-electron chi connectivity index (χ1n) is 6.12. The van der Waals surface area contributed by atoms with Gasteiger partial charge in [0.25, 0.3) is 0 Å². The Morgan fingerprint density at radius 2 is 1.95 bits per heavy atom. The fourth-order valence-electron chi connectivity index (χ4n) is 1.62. The number of aliphatic imine (C=N–C) groups is 1. The molecule has 6 heteroatoms. The first kappa shape index (κ1) is 14.9. The highest BCUT2D eigenvalue weighted by Crippen LogP contribution is 2.21. The smallest absolute Gasteiger partial charge is 0.246 e. The van der Waals surface area contributed by atoms with Gasteiger partial charge in [0, 0.05) is 16.8 Å². The van der Waals surface area contributed by atoms with Crippen molar-refractivity contribution in [1.82, 2.24) is 0 Å². The fourth-order valence-corrected chi connectivity index (χ4v) is 1.81. The minimum absolute atomic E-state index is 0.0117. The monoisotopic (exact) mass is 304 g/mol. The van der Waals surface area contributed by atoms with Crippen molar-refractivity contribution in [2.45, 2.75) is 0 Å². The number of phenols is 2. The summed E-state index contributed by atoms with van der Waals surface area (Å²) in [5.74, 6) is -0.360. The van der Waals surface area contributed by atoms with Crippen LogP contribution >= 0.6 is 11.6 Å². The molecule has 0 aliphatic carbocycles. The maximum absolute atomic E-state index is 11.7. The number of hydrogen-bond donors (Lipinski definition) is 3. The van der Waals surface area contributed by atoms with E-state index in [2.05, 4.69) is 10.3 Å². The minimum atomic E-state index is -0.380. The Morgan fingerprint density at radius 1 is 1.19 bits per heavy atom. The summed E-state index contributed by atoms with van der Waals surface area (Å²) >= 11 is 5.80. The summed E-state index contributed by atoms with van der Waals surface area (Å²) in [6.07, 6.45) is 1.37. The molecule has 5 nitrogen and oxygen atoms in total. The van der Waals surface area contributed by atoms with E-state index in [4.69, 9.17) is 11.6 Å². The Morgan fingerprint density at radius 3 is 2.71 bits per heavy atom. The Labute approximate surface area is 126 Å². The van der Waals surface area contributed by atoms with Gasteiger partial charge in [-0.2, -0.15) is 0 Å². The quantitative estimate of drug-likeness (QED) is 0.600. The van der Waals surface area contributed by atoms with Crippen LogP contribution in [0.2, 0.25) is 5.02 Å². The summed E-state index contributed by atoms with van der Waals surface area (Å²) in [7, 11) is 0. The molecule has 0 saturated carbocycles. The normalized spacial score (nSPS) is 10.7. The van der Waals surface area contributed by atoms with E-state index >= 15 is 0 Å². The van der Waals surface area contributed by atoms with E-state index in [1.165, 1.54) is 18.3 Å². The number of benzene rings is 2. The predicted molar refractivity (Wildman–Crippen MR) is 82.3 cm³/mol. The molecule has 2 aromatic carbocycles. The van der Waals surface area contributed by atoms with Crippen molar-refractivity contribution in [2.24, 2.45) is 4.99 Å². The van der Waals surface area contributed by atoms with Crippen molar-refractivity contribution in [3.63, 3.8) is 0 Å². The summed E-state index contributed by atoms with van der Waals surface area (Å²) in [4.78, 5) is 15.6. The largest absolute Gasteiger partial charge is 0.507 e. The van der Waals surface area contributed by atoms with Gasteiger partial charge in [-0.15, -0.1) is 0 Å². The molecule has 0 unspecified atom stereocenters. The average Bonchev–Trinajstić information content (AvgIpc) is 2.45. The molecule has 0 fully saturated rings. The molecule has 21 heavy (non-hydrogen) atoms. The third kappa shape index (κ3) is 4.22. The summed E-state index contributed by atoms with van der Waals surface area (Å²) in [6, 6.07) is 11.0. The molecule has 0 heterocycles. The number of aromatic hydroxyl groups is 2. The molecule has 0 aliphatic heterocycles. The van der Waals surface area contributed by atoms with Gasteiger partial charge in [0.1, 0.15) is 18.0 Å². The number of amides is 1. The zero-order valence-electron chi connectivity index (χ0n) is 11.0. The molecule has 3 N–H and O–H groups in total. The van der Waals surface area contributed by atoms with Crippen LogP contribution in [0.5, 0.6) is 11.5 Å². The average molecular weight is 305 g/mol. The second-order valence-electron chi connectivity index (χ2n) is 4.24. The van der Waals surface area contributed by atoms with Crippen LogP contribution in [-0.2, 0) is 4.79 Å². The van der Waals surface area contributed by atoms with Gasteiger partial charge < -0.3 is 15.5 Å². The van der Waals surface area contributed by atoms with Crippen LogP contribution < -0.4 is 5.32 Å². The number of anilines is 1. The first-order valence-corrected chi connectivity index (χ1v) is 6.50. The summed E-state index contributed by atoms with van der Waals surface area (Å²) in [6.45, 7) is -0.139. The number of phenolic OH excluding ortho intramolecular Hbond substituents is 2. The van der Waals surface area contributed by atoms with Crippen LogP contribution in [0.1, 0.15) is 5.56 Å². The lowest BCUT2D eigenvalue weighted by atomic mass is 10.2. The number of para-hydroxylation sites is 2. The molecule has 0 radical (unpaired) electrons. The Kier molecular flexibility index (Phi) is 4.79. The van der Waals surface area contributed by atoms with E-state index in [1.807, 2.05) is 0 Å².